The van der Waals surface area contributed by atoms with Crippen LogP contribution >= 0.6 is 11.5 Å². The highest BCUT2D eigenvalue weighted by Crippen LogP contribution is 2.15. The Morgan fingerprint density at radius 3 is 2.55 bits per heavy atom. The average Bonchev–Trinajstić information content (AvgIpc) is 2.84. The largest absolute Gasteiger partial charge is 0.480 e. The van der Waals surface area contributed by atoms with Crippen molar-refractivity contribution in [1.29, 1.82) is 0 Å². The first kappa shape index (κ1) is 14.1. The summed E-state index contributed by atoms with van der Waals surface area (Å²) in [5.41, 5.74) is 1.39. The number of carbonyl (C=O) groups excluding carboxylic acids is 1. The van der Waals surface area contributed by atoms with Gasteiger partial charge in [0.15, 0.2) is 0 Å². The van der Waals surface area contributed by atoms with Crippen LogP contribution in [0.15, 0.2) is 30.3 Å². The summed E-state index contributed by atoms with van der Waals surface area (Å²) in [6, 6.07) is 9.25. The first-order valence-electron chi connectivity index (χ1n) is 5.92. The molecule has 1 heterocycles. The Morgan fingerprint density at radius 1 is 1.30 bits per heavy atom. The fraction of sp³-hybridized carbons (Fsp3) is 0.231. The number of rotatable bonds is 5. The fourth-order valence-electron chi connectivity index (χ4n) is 1.74. The number of hydrogen-bond acceptors (Lipinski definition) is 5. The Bertz CT molecular complexity index is 612. The third kappa shape index (κ3) is 3.39. The maximum Gasteiger partial charge on any atom is 0.323 e. The molecule has 2 aromatic rings. The zero-order valence-corrected chi connectivity index (χ0v) is 11.6. The summed E-state index contributed by atoms with van der Waals surface area (Å²) in [5, 5.41) is 12.7. The SMILES string of the molecule is Cc1nnsc1C(=O)N(CC(=O)O)Cc1ccccc1. The van der Waals surface area contributed by atoms with E-state index in [9.17, 15) is 9.59 Å². The van der Waals surface area contributed by atoms with Gasteiger partial charge in [0.2, 0.25) is 0 Å². The number of carboxylic acids is 1. The predicted molar refractivity (Wildman–Crippen MR) is 73.5 cm³/mol. The minimum absolute atomic E-state index is 0.239. The topological polar surface area (TPSA) is 83.4 Å². The quantitative estimate of drug-likeness (QED) is 0.904. The van der Waals surface area contributed by atoms with E-state index in [4.69, 9.17) is 5.11 Å². The molecule has 0 saturated heterocycles. The number of nitrogens with zero attached hydrogens (tertiary/aromatic N) is 3. The lowest BCUT2D eigenvalue weighted by Gasteiger charge is -2.20. The van der Waals surface area contributed by atoms with E-state index in [1.165, 1.54) is 4.90 Å². The van der Waals surface area contributed by atoms with Crippen LogP contribution in [0.4, 0.5) is 0 Å². The molecule has 0 atom stereocenters. The minimum atomic E-state index is -1.05. The first-order chi connectivity index (χ1) is 9.58. The average molecular weight is 291 g/mol. The van der Waals surface area contributed by atoms with E-state index in [1.807, 2.05) is 30.3 Å². The lowest BCUT2D eigenvalue weighted by molar-refractivity contribution is -0.137. The van der Waals surface area contributed by atoms with Crippen molar-refractivity contribution in [2.24, 2.45) is 0 Å². The molecule has 1 aromatic carbocycles. The van der Waals surface area contributed by atoms with Crippen molar-refractivity contribution in [2.45, 2.75) is 13.5 Å². The zero-order chi connectivity index (χ0) is 14.5. The Labute approximate surface area is 119 Å². The molecule has 0 spiro atoms. The highest BCUT2D eigenvalue weighted by atomic mass is 32.1. The lowest BCUT2D eigenvalue weighted by atomic mass is 10.2. The fourth-order valence-corrected chi connectivity index (χ4v) is 2.36. The van der Waals surface area contributed by atoms with Crippen molar-refractivity contribution < 1.29 is 14.7 Å². The highest BCUT2D eigenvalue weighted by molar-refractivity contribution is 7.07. The van der Waals surface area contributed by atoms with Gasteiger partial charge >= 0.3 is 5.97 Å². The van der Waals surface area contributed by atoms with E-state index >= 15 is 0 Å². The molecule has 1 N–H and O–H groups in total. The van der Waals surface area contributed by atoms with Gasteiger partial charge in [-0.3, -0.25) is 9.59 Å². The van der Waals surface area contributed by atoms with Crippen molar-refractivity contribution >= 4 is 23.4 Å². The maximum absolute atomic E-state index is 12.4. The number of aliphatic carboxylic acids is 1. The van der Waals surface area contributed by atoms with Crippen LogP contribution in [0.5, 0.6) is 0 Å². The number of amides is 1. The van der Waals surface area contributed by atoms with Crippen LogP contribution in [-0.4, -0.2) is 38.0 Å². The van der Waals surface area contributed by atoms with Gasteiger partial charge in [0.05, 0.1) is 5.69 Å². The molecular formula is C13H13N3O3S. The number of benzene rings is 1. The van der Waals surface area contributed by atoms with Gasteiger partial charge in [0.1, 0.15) is 11.4 Å². The summed E-state index contributed by atoms with van der Waals surface area (Å²) in [6.07, 6.45) is 0. The monoisotopic (exact) mass is 291 g/mol. The molecule has 0 bridgehead atoms. The van der Waals surface area contributed by atoms with Crippen LogP contribution in [0, 0.1) is 6.92 Å². The molecule has 0 saturated carbocycles. The second-order valence-corrected chi connectivity index (χ2v) is 4.98. The predicted octanol–water partition coefficient (Wildman–Crippen LogP) is 1.57. The molecule has 0 radical (unpaired) electrons. The van der Waals surface area contributed by atoms with Crippen molar-refractivity contribution in [3.8, 4) is 0 Å². The number of aryl methyl sites for hydroxylation is 1. The maximum atomic E-state index is 12.4. The summed E-state index contributed by atoms with van der Waals surface area (Å²) in [5.74, 6) is -1.41. The van der Waals surface area contributed by atoms with Crippen LogP contribution in [0.25, 0.3) is 0 Å². The number of carbonyl (C=O) groups is 2. The van der Waals surface area contributed by atoms with Gasteiger partial charge < -0.3 is 10.0 Å². The molecular weight excluding hydrogens is 278 g/mol. The van der Waals surface area contributed by atoms with Crippen molar-refractivity contribution in [3.63, 3.8) is 0 Å². The third-order valence-corrected chi connectivity index (χ3v) is 3.49. The van der Waals surface area contributed by atoms with E-state index in [0.717, 1.165) is 17.1 Å². The van der Waals surface area contributed by atoms with Crippen LogP contribution in [0.1, 0.15) is 20.9 Å². The number of aromatic nitrogens is 2. The molecule has 1 amide bonds. The summed E-state index contributed by atoms with van der Waals surface area (Å²) >= 11 is 0.978. The minimum Gasteiger partial charge on any atom is -0.480 e. The van der Waals surface area contributed by atoms with Crippen LogP contribution in [-0.2, 0) is 11.3 Å². The third-order valence-electron chi connectivity index (χ3n) is 2.68. The van der Waals surface area contributed by atoms with Crippen LogP contribution < -0.4 is 0 Å². The smallest absolute Gasteiger partial charge is 0.323 e. The summed E-state index contributed by atoms with van der Waals surface area (Å²) in [7, 11) is 0. The van der Waals surface area contributed by atoms with Crippen LogP contribution in [0.2, 0.25) is 0 Å². The molecule has 0 aliphatic carbocycles. The Morgan fingerprint density at radius 2 is 2.00 bits per heavy atom. The Balaban J connectivity index is 2.21. The molecule has 0 fully saturated rings. The standard InChI is InChI=1S/C13H13N3O3S/c1-9-12(20-15-14-9)13(19)16(8-11(17)18)7-10-5-3-2-4-6-10/h2-6H,7-8H2,1H3,(H,17,18). The Kier molecular flexibility index (Phi) is 4.41. The van der Waals surface area contributed by atoms with E-state index in [2.05, 4.69) is 9.59 Å². The molecule has 0 aliphatic heterocycles. The van der Waals surface area contributed by atoms with E-state index < -0.39 is 5.97 Å². The van der Waals surface area contributed by atoms with Gasteiger partial charge in [-0.25, -0.2) is 0 Å². The number of carboxylic acid groups (broad SMARTS) is 1. The lowest BCUT2D eigenvalue weighted by Crippen LogP contribution is -2.35. The summed E-state index contributed by atoms with van der Waals surface area (Å²) in [4.78, 5) is 25.0. The second-order valence-electron chi connectivity index (χ2n) is 4.23. The molecule has 104 valence electrons. The zero-order valence-electron chi connectivity index (χ0n) is 10.8. The molecule has 2 rings (SSSR count). The van der Waals surface area contributed by atoms with Crippen molar-refractivity contribution in [3.05, 3.63) is 46.5 Å². The normalized spacial score (nSPS) is 10.2. The molecule has 20 heavy (non-hydrogen) atoms. The number of hydrogen-bond donors (Lipinski definition) is 1. The molecule has 0 aliphatic rings. The van der Waals surface area contributed by atoms with Crippen molar-refractivity contribution in [1.82, 2.24) is 14.5 Å². The first-order valence-corrected chi connectivity index (χ1v) is 6.69. The molecule has 0 unspecified atom stereocenters. The van der Waals surface area contributed by atoms with Gasteiger partial charge in [-0.15, -0.1) is 5.10 Å². The second kappa shape index (κ2) is 6.25. The summed E-state index contributed by atoms with van der Waals surface area (Å²) < 4.78 is 3.71. The van der Waals surface area contributed by atoms with E-state index in [1.54, 1.807) is 6.92 Å². The van der Waals surface area contributed by atoms with Crippen molar-refractivity contribution in [2.75, 3.05) is 6.54 Å². The molecule has 1 aromatic heterocycles. The van der Waals surface area contributed by atoms with Gasteiger partial charge in [-0.1, -0.05) is 34.8 Å². The van der Waals surface area contributed by atoms with Crippen LogP contribution in [0.3, 0.4) is 0 Å². The van der Waals surface area contributed by atoms with E-state index in [-0.39, 0.29) is 19.0 Å². The Hall–Kier alpha value is -2.28. The van der Waals surface area contributed by atoms with Gasteiger partial charge in [-0.2, -0.15) is 0 Å². The van der Waals surface area contributed by atoms with Gasteiger partial charge in [0, 0.05) is 6.54 Å². The molecule has 6 nitrogen and oxygen atoms in total. The molecule has 7 heteroatoms. The summed E-state index contributed by atoms with van der Waals surface area (Å²) in [6.45, 7) is 1.56. The highest BCUT2D eigenvalue weighted by Gasteiger charge is 2.22. The van der Waals surface area contributed by atoms with Gasteiger partial charge in [-0.05, 0) is 24.0 Å². The van der Waals surface area contributed by atoms with Gasteiger partial charge in [0.25, 0.3) is 5.91 Å². The van der Waals surface area contributed by atoms with E-state index in [0.29, 0.717) is 10.6 Å².